The third kappa shape index (κ3) is 3.11. The molecule has 0 saturated carbocycles. The first-order chi connectivity index (χ1) is 10.1. The van der Waals surface area contributed by atoms with E-state index in [1.165, 1.54) is 0 Å². The van der Waals surface area contributed by atoms with Crippen molar-refractivity contribution in [1.82, 2.24) is 0 Å². The van der Waals surface area contributed by atoms with E-state index in [-0.39, 0.29) is 5.92 Å². The maximum Gasteiger partial charge on any atom is 0.143 e. The number of allylic oxidation sites excluding steroid dienone is 4. The first-order valence-corrected chi connectivity index (χ1v) is 7.67. The predicted molar refractivity (Wildman–Crippen MR) is 95.2 cm³/mol. The van der Waals surface area contributed by atoms with Gasteiger partial charge < -0.3 is 0 Å². The first kappa shape index (κ1) is 15.6. The summed E-state index contributed by atoms with van der Waals surface area (Å²) in [5.41, 5.74) is 5.38. The molecule has 1 aromatic rings. The molecule has 1 unspecified atom stereocenters. The lowest BCUT2D eigenvalue weighted by atomic mass is 9.83. The lowest BCUT2D eigenvalue weighted by Gasteiger charge is -2.21. The highest BCUT2D eigenvalue weighted by atomic mass is 32.1. The summed E-state index contributed by atoms with van der Waals surface area (Å²) in [6, 6.07) is 6.16. The molecule has 2 heteroatoms. The third-order valence-electron chi connectivity index (χ3n) is 3.88. The summed E-state index contributed by atoms with van der Waals surface area (Å²) >= 11 is 5.44. The van der Waals surface area contributed by atoms with E-state index in [0.717, 1.165) is 51.8 Å². The molecule has 0 bridgehead atoms. The molecule has 0 heterocycles. The standard InChI is InChI=1S/C19H20OS/c1-4-6-16(14(3)21)17(11-12-20)18-8-5-7-15-10-9-13(2)19(15)18/h5,7-12,16H,2,4,6H2,1,3H3/b17-11+. The van der Waals surface area contributed by atoms with Gasteiger partial charge in [0.05, 0.1) is 0 Å². The molecule has 0 amide bonds. The van der Waals surface area contributed by atoms with Gasteiger partial charge in [0.25, 0.3) is 0 Å². The van der Waals surface area contributed by atoms with E-state index in [1.807, 2.05) is 19.1 Å². The van der Waals surface area contributed by atoms with Gasteiger partial charge in [-0.2, -0.15) is 0 Å². The molecule has 1 aromatic carbocycles. The van der Waals surface area contributed by atoms with Crippen molar-refractivity contribution in [1.29, 1.82) is 0 Å². The Morgan fingerprint density at radius 3 is 2.76 bits per heavy atom. The molecule has 0 saturated heterocycles. The van der Waals surface area contributed by atoms with Gasteiger partial charge >= 0.3 is 0 Å². The van der Waals surface area contributed by atoms with Crippen LogP contribution in [0.1, 0.15) is 43.4 Å². The minimum atomic E-state index is 0.134. The fraction of sp³-hybridized carbons (Fsp3) is 0.263. The second-order valence-corrected chi connectivity index (χ2v) is 5.98. The molecule has 0 spiro atoms. The van der Waals surface area contributed by atoms with Gasteiger partial charge in [-0.25, -0.2) is 0 Å². The Bertz CT molecular complexity index is 650. The van der Waals surface area contributed by atoms with E-state index in [9.17, 15) is 4.79 Å². The average Bonchev–Trinajstić information content (AvgIpc) is 2.84. The quantitative estimate of drug-likeness (QED) is 0.412. The van der Waals surface area contributed by atoms with Crippen LogP contribution in [0.15, 0.2) is 36.9 Å². The van der Waals surface area contributed by atoms with E-state index < -0.39 is 0 Å². The highest BCUT2D eigenvalue weighted by molar-refractivity contribution is 7.80. The Labute approximate surface area is 132 Å². The topological polar surface area (TPSA) is 17.1 Å². The van der Waals surface area contributed by atoms with Gasteiger partial charge in [-0.1, -0.05) is 62.5 Å². The molecule has 2 rings (SSSR count). The highest BCUT2D eigenvalue weighted by Crippen LogP contribution is 2.38. The van der Waals surface area contributed by atoms with Crippen LogP contribution in [0, 0.1) is 5.92 Å². The lowest BCUT2D eigenvalue weighted by Crippen LogP contribution is -2.13. The number of aldehydes is 1. The van der Waals surface area contributed by atoms with Crippen LogP contribution in [0.2, 0.25) is 0 Å². The molecular weight excluding hydrogens is 276 g/mol. The van der Waals surface area contributed by atoms with E-state index >= 15 is 0 Å². The van der Waals surface area contributed by atoms with Crippen LogP contribution < -0.4 is 0 Å². The lowest BCUT2D eigenvalue weighted by molar-refractivity contribution is -0.104. The molecule has 0 aromatic heterocycles. The maximum atomic E-state index is 11.1. The summed E-state index contributed by atoms with van der Waals surface area (Å²) in [6.07, 6.45) is 8.60. The van der Waals surface area contributed by atoms with Crippen LogP contribution in [-0.4, -0.2) is 11.2 Å². The molecule has 108 valence electrons. The van der Waals surface area contributed by atoms with Crippen LogP contribution >= 0.6 is 12.2 Å². The zero-order valence-electron chi connectivity index (χ0n) is 12.6. The molecule has 0 radical (unpaired) electrons. The summed E-state index contributed by atoms with van der Waals surface area (Å²) in [7, 11) is 0. The smallest absolute Gasteiger partial charge is 0.143 e. The van der Waals surface area contributed by atoms with E-state index in [0.29, 0.717) is 0 Å². The van der Waals surface area contributed by atoms with E-state index in [1.54, 1.807) is 6.08 Å². The van der Waals surface area contributed by atoms with Crippen molar-refractivity contribution >= 4 is 40.6 Å². The fourth-order valence-electron chi connectivity index (χ4n) is 2.92. The average molecular weight is 296 g/mol. The molecule has 1 aliphatic carbocycles. The first-order valence-electron chi connectivity index (χ1n) is 7.26. The fourth-order valence-corrected chi connectivity index (χ4v) is 3.16. The van der Waals surface area contributed by atoms with Crippen molar-refractivity contribution in [2.24, 2.45) is 5.92 Å². The second-order valence-electron chi connectivity index (χ2n) is 5.34. The minimum absolute atomic E-state index is 0.134. The van der Waals surface area contributed by atoms with Gasteiger partial charge in [-0.3, -0.25) is 4.79 Å². The van der Waals surface area contributed by atoms with Crippen LogP contribution in [-0.2, 0) is 4.79 Å². The molecule has 1 aliphatic rings. The van der Waals surface area contributed by atoms with Crippen molar-refractivity contribution in [2.45, 2.75) is 26.7 Å². The van der Waals surface area contributed by atoms with Gasteiger partial charge in [0, 0.05) is 5.92 Å². The van der Waals surface area contributed by atoms with Gasteiger partial charge in [-0.15, -0.1) is 0 Å². The summed E-state index contributed by atoms with van der Waals surface area (Å²) in [5, 5.41) is 0. The van der Waals surface area contributed by atoms with Crippen LogP contribution in [0.3, 0.4) is 0 Å². The Balaban J connectivity index is 2.58. The number of carbonyl (C=O) groups excluding carboxylic acids is 1. The van der Waals surface area contributed by atoms with Crippen molar-refractivity contribution in [2.75, 3.05) is 0 Å². The summed E-state index contributed by atoms with van der Waals surface area (Å²) < 4.78 is 0. The number of hydrogen-bond donors (Lipinski definition) is 0. The number of thiocarbonyl (C=S) groups is 1. The molecule has 0 fully saturated rings. The Hall–Kier alpha value is -1.80. The van der Waals surface area contributed by atoms with E-state index in [4.69, 9.17) is 12.2 Å². The van der Waals surface area contributed by atoms with Crippen LogP contribution in [0.25, 0.3) is 17.2 Å². The zero-order chi connectivity index (χ0) is 15.4. The third-order valence-corrected chi connectivity index (χ3v) is 4.17. The zero-order valence-corrected chi connectivity index (χ0v) is 13.4. The number of hydrogen-bond acceptors (Lipinski definition) is 2. The monoisotopic (exact) mass is 296 g/mol. The van der Waals surface area contributed by atoms with Gasteiger partial charge in [-0.05, 0) is 52.1 Å². The van der Waals surface area contributed by atoms with Crippen molar-refractivity contribution in [3.05, 3.63) is 53.6 Å². The maximum absolute atomic E-state index is 11.1. The number of rotatable bonds is 6. The summed E-state index contributed by atoms with van der Waals surface area (Å²) in [4.78, 5) is 12.1. The van der Waals surface area contributed by atoms with Crippen molar-refractivity contribution in [3.8, 4) is 0 Å². The SMILES string of the molecule is C=C1C=Cc2cccc(/C(=C/C=O)C(CCC)C(C)=S)c21. The molecule has 0 N–H and O–H groups in total. The molecule has 1 nitrogen and oxygen atoms in total. The summed E-state index contributed by atoms with van der Waals surface area (Å²) in [6.45, 7) is 8.22. The van der Waals surface area contributed by atoms with Gasteiger partial charge in [0.2, 0.25) is 0 Å². The molecule has 0 aliphatic heterocycles. The van der Waals surface area contributed by atoms with Crippen molar-refractivity contribution < 1.29 is 4.79 Å². The second kappa shape index (κ2) is 6.77. The molecule has 21 heavy (non-hydrogen) atoms. The molecule has 1 atom stereocenters. The van der Waals surface area contributed by atoms with Crippen molar-refractivity contribution in [3.63, 3.8) is 0 Å². The highest BCUT2D eigenvalue weighted by Gasteiger charge is 2.22. The number of carbonyl (C=O) groups is 1. The Kier molecular flexibility index (Phi) is 5.03. The van der Waals surface area contributed by atoms with Gasteiger partial charge in [0.1, 0.15) is 6.29 Å². The Morgan fingerprint density at radius 1 is 1.38 bits per heavy atom. The summed E-state index contributed by atoms with van der Waals surface area (Å²) in [5.74, 6) is 0.134. The molecular formula is C19H20OS. The predicted octanol–water partition coefficient (Wildman–Crippen LogP) is 5.12. The minimum Gasteiger partial charge on any atom is -0.299 e. The van der Waals surface area contributed by atoms with Crippen LogP contribution in [0.4, 0.5) is 0 Å². The largest absolute Gasteiger partial charge is 0.299 e. The number of benzene rings is 1. The van der Waals surface area contributed by atoms with Gasteiger partial charge in [0.15, 0.2) is 0 Å². The Morgan fingerprint density at radius 2 is 2.14 bits per heavy atom. The normalized spacial score (nSPS) is 15.0. The van der Waals surface area contributed by atoms with Crippen LogP contribution in [0.5, 0.6) is 0 Å². The number of fused-ring (bicyclic) bond motifs is 1. The van der Waals surface area contributed by atoms with E-state index in [2.05, 4.69) is 31.7 Å².